The summed E-state index contributed by atoms with van der Waals surface area (Å²) in [6.45, 7) is 0. The number of alkyl halides is 3. The Morgan fingerprint density at radius 1 is 1.05 bits per heavy atom. The first-order valence-electron chi connectivity index (χ1n) is 5.27. The molecule has 0 fully saturated rings. The van der Waals surface area contributed by atoms with Gasteiger partial charge in [0.15, 0.2) is 0 Å². The van der Waals surface area contributed by atoms with E-state index in [0.29, 0.717) is 5.56 Å². The minimum absolute atomic E-state index is 0.122. The SMILES string of the molecule is NC(c1ccncc1Cl)c1cnccc1C(F)(F)F. The van der Waals surface area contributed by atoms with Crippen LogP contribution in [0, 0.1) is 0 Å². The number of aromatic nitrogens is 2. The summed E-state index contributed by atoms with van der Waals surface area (Å²) in [5.74, 6) is 0. The van der Waals surface area contributed by atoms with Crippen molar-refractivity contribution < 1.29 is 13.2 Å². The smallest absolute Gasteiger partial charge is 0.320 e. The highest BCUT2D eigenvalue weighted by atomic mass is 35.5. The standard InChI is InChI=1S/C12H9ClF3N3/c13-10-6-19-3-1-7(10)11(17)8-5-18-4-2-9(8)12(14,15)16/h1-6,11H,17H2. The fraction of sp³-hybridized carbons (Fsp3) is 0.167. The Morgan fingerprint density at radius 3 is 2.32 bits per heavy atom. The van der Waals surface area contributed by atoms with Crippen molar-refractivity contribution >= 4 is 11.6 Å². The first kappa shape index (κ1) is 13.8. The Morgan fingerprint density at radius 2 is 1.68 bits per heavy atom. The highest BCUT2D eigenvalue weighted by molar-refractivity contribution is 6.31. The molecular formula is C12H9ClF3N3. The zero-order chi connectivity index (χ0) is 14.0. The van der Waals surface area contributed by atoms with Gasteiger partial charge in [-0.2, -0.15) is 13.2 Å². The average Bonchev–Trinajstić information content (AvgIpc) is 2.37. The van der Waals surface area contributed by atoms with Gasteiger partial charge in [0.05, 0.1) is 16.6 Å². The van der Waals surface area contributed by atoms with Crippen LogP contribution in [0.4, 0.5) is 13.2 Å². The van der Waals surface area contributed by atoms with E-state index in [0.717, 1.165) is 18.5 Å². The van der Waals surface area contributed by atoms with Gasteiger partial charge >= 0.3 is 6.18 Å². The van der Waals surface area contributed by atoms with Crippen LogP contribution in [0.5, 0.6) is 0 Å². The van der Waals surface area contributed by atoms with E-state index in [9.17, 15) is 13.2 Å². The second kappa shape index (κ2) is 5.14. The summed E-state index contributed by atoms with van der Waals surface area (Å²) in [4.78, 5) is 7.46. The van der Waals surface area contributed by atoms with E-state index >= 15 is 0 Å². The fourth-order valence-corrected chi connectivity index (χ4v) is 1.96. The molecule has 1 atom stereocenters. The molecule has 0 amide bonds. The maximum absolute atomic E-state index is 12.9. The summed E-state index contributed by atoms with van der Waals surface area (Å²) in [6, 6.07) is 1.37. The minimum Gasteiger partial charge on any atom is -0.320 e. The van der Waals surface area contributed by atoms with Gasteiger partial charge < -0.3 is 5.73 Å². The molecule has 2 aromatic rings. The molecule has 2 rings (SSSR count). The molecule has 7 heteroatoms. The van der Waals surface area contributed by atoms with E-state index in [-0.39, 0.29) is 10.6 Å². The van der Waals surface area contributed by atoms with Gasteiger partial charge in [-0.1, -0.05) is 11.6 Å². The lowest BCUT2D eigenvalue weighted by molar-refractivity contribution is -0.138. The van der Waals surface area contributed by atoms with Crippen molar-refractivity contribution in [3.05, 3.63) is 58.6 Å². The Kier molecular flexibility index (Phi) is 3.73. The largest absolute Gasteiger partial charge is 0.416 e. The lowest BCUT2D eigenvalue weighted by Gasteiger charge is -2.18. The predicted molar refractivity (Wildman–Crippen MR) is 64.5 cm³/mol. The summed E-state index contributed by atoms with van der Waals surface area (Å²) >= 11 is 5.89. The van der Waals surface area contributed by atoms with E-state index in [1.54, 1.807) is 0 Å². The maximum atomic E-state index is 12.9. The number of pyridine rings is 2. The lowest BCUT2D eigenvalue weighted by Crippen LogP contribution is -2.19. The molecule has 0 aliphatic rings. The van der Waals surface area contributed by atoms with Gasteiger partial charge in [-0.05, 0) is 17.7 Å². The van der Waals surface area contributed by atoms with Crippen LogP contribution in [-0.4, -0.2) is 9.97 Å². The second-order valence-corrected chi connectivity index (χ2v) is 4.24. The third-order valence-corrected chi connectivity index (χ3v) is 2.95. The van der Waals surface area contributed by atoms with E-state index in [1.165, 1.54) is 18.5 Å². The molecule has 0 saturated heterocycles. The lowest BCUT2D eigenvalue weighted by atomic mass is 9.97. The van der Waals surface area contributed by atoms with Crippen molar-refractivity contribution in [3.8, 4) is 0 Å². The van der Waals surface area contributed by atoms with Crippen LogP contribution in [-0.2, 0) is 6.18 Å². The monoisotopic (exact) mass is 287 g/mol. The molecule has 2 heterocycles. The Hall–Kier alpha value is -1.66. The van der Waals surface area contributed by atoms with Gasteiger partial charge in [0.1, 0.15) is 0 Å². The molecule has 0 aliphatic carbocycles. The maximum Gasteiger partial charge on any atom is 0.416 e. The van der Waals surface area contributed by atoms with Crippen molar-refractivity contribution in [3.63, 3.8) is 0 Å². The average molecular weight is 288 g/mol. The number of nitrogens with two attached hydrogens (primary N) is 1. The minimum atomic E-state index is -4.49. The van der Waals surface area contributed by atoms with Crippen LogP contribution in [0.2, 0.25) is 5.02 Å². The van der Waals surface area contributed by atoms with Gasteiger partial charge in [0.2, 0.25) is 0 Å². The molecule has 0 aromatic carbocycles. The zero-order valence-electron chi connectivity index (χ0n) is 9.53. The quantitative estimate of drug-likeness (QED) is 0.923. The van der Waals surface area contributed by atoms with E-state index in [1.807, 2.05) is 0 Å². The van der Waals surface area contributed by atoms with Gasteiger partial charge in [0.25, 0.3) is 0 Å². The molecule has 3 nitrogen and oxygen atoms in total. The van der Waals surface area contributed by atoms with Crippen LogP contribution in [0.3, 0.4) is 0 Å². The molecule has 100 valence electrons. The summed E-state index contributed by atoms with van der Waals surface area (Å²) in [5.41, 5.74) is 5.29. The van der Waals surface area contributed by atoms with Gasteiger partial charge in [-0.15, -0.1) is 0 Å². The summed E-state index contributed by atoms with van der Waals surface area (Å²) < 4.78 is 38.7. The second-order valence-electron chi connectivity index (χ2n) is 3.84. The first-order valence-corrected chi connectivity index (χ1v) is 5.65. The van der Waals surface area contributed by atoms with E-state index < -0.39 is 17.8 Å². The number of rotatable bonds is 2. The van der Waals surface area contributed by atoms with Crippen LogP contribution in [0.15, 0.2) is 36.9 Å². The van der Waals surface area contributed by atoms with Crippen molar-refractivity contribution in [2.75, 3.05) is 0 Å². The van der Waals surface area contributed by atoms with Crippen molar-refractivity contribution in [1.29, 1.82) is 0 Å². The molecule has 0 bridgehead atoms. The Bertz CT molecular complexity index is 586. The number of halogens is 4. The van der Waals surface area contributed by atoms with Crippen molar-refractivity contribution in [1.82, 2.24) is 9.97 Å². The molecule has 0 spiro atoms. The molecule has 0 saturated carbocycles. The third-order valence-electron chi connectivity index (χ3n) is 2.63. The van der Waals surface area contributed by atoms with Crippen LogP contribution in [0.1, 0.15) is 22.7 Å². The Balaban J connectivity index is 2.51. The van der Waals surface area contributed by atoms with Crippen LogP contribution >= 0.6 is 11.6 Å². The van der Waals surface area contributed by atoms with Gasteiger partial charge in [-0.3, -0.25) is 9.97 Å². The molecule has 2 aromatic heterocycles. The Labute approximate surface area is 112 Å². The summed E-state index contributed by atoms with van der Waals surface area (Å²) in [6.07, 6.45) is 0.442. The summed E-state index contributed by atoms with van der Waals surface area (Å²) in [5, 5.41) is 0.215. The normalized spacial score (nSPS) is 13.3. The molecule has 1 unspecified atom stereocenters. The molecule has 0 aliphatic heterocycles. The highest BCUT2D eigenvalue weighted by Crippen LogP contribution is 2.36. The molecule has 2 N–H and O–H groups in total. The topological polar surface area (TPSA) is 51.8 Å². The first-order chi connectivity index (χ1) is 8.91. The highest BCUT2D eigenvalue weighted by Gasteiger charge is 2.35. The molecular weight excluding hydrogens is 279 g/mol. The fourth-order valence-electron chi connectivity index (χ4n) is 1.72. The predicted octanol–water partition coefficient (Wildman–Crippen LogP) is 3.20. The number of hydrogen-bond acceptors (Lipinski definition) is 3. The number of nitrogens with zero attached hydrogens (tertiary/aromatic N) is 2. The van der Waals surface area contributed by atoms with Gasteiger partial charge in [0, 0.05) is 30.4 Å². The van der Waals surface area contributed by atoms with Crippen molar-refractivity contribution in [2.24, 2.45) is 5.73 Å². The number of hydrogen-bond donors (Lipinski definition) is 1. The van der Waals surface area contributed by atoms with Crippen LogP contribution < -0.4 is 5.73 Å². The van der Waals surface area contributed by atoms with Crippen molar-refractivity contribution in [2.45, 2.75) is 12.2 Å². The van der Waals surface area contributed by atoms with Gasteiger partial charge in [-0.25, -0.2) is 0 Å². The third kappa shape index (κ3) is 2.85. The van der Waals surface area contributed by atoms with E-state index in [4.69, 9.17) is 17.3 Å². The zero-order valence-corrected chi connectivity index (χ0v) is 10.3. The summed E-state index contributed by atoms with van der Waals surface area (Å²) in [7, 11) is 0. The molecule has 19 heavy (non-hydrogen) atoms. The van der Waals surface area contributed by atoms with Crippen LogP contribution in [0.25, 0.3) is 0 Å². The molecule has 0 radical (unpaired) electrons. The van der Waals surface area contributed by atoms with E-state index in [2.05, 4.69) is 9.97 Å².